The zero-order valence-corrected chi connectivity index (χ0v) is 22.3. The lowest BCUT2D eigenvalue weighted by atomic mass is 10.0. The molecule has 0 radical (unpaired) electrons. The first kappa shape index (κ1) is 27.4. The molecule has 40 heavy (non-hydrogen) atoms. The molecular formula is C27H30N6O7. The van der Waals surface area contributed by atoms with Crippen LogP contribution in [0.2, 0.25) is 0 Å². The number of carbonyl (C=O) groups is 3. The number of ether oxygens (including phenoxy) is 4. The Kier molecular flexibility index (Phi) is 8.20. The minimum absolute atomic E-state index is 0.116. The number of rotatable bonds is 8. The summed E-state index contributed by atoms with van der Waals surface area (Å²) in [6, 6.07) is 4.89. The Labute approximate surface area is 231 Å². The maximum atomic E-state index is 13.3. The van der Waals surface area contributed by atoms with E-state index >= 15 is 0 Å². The molecule has 2 fully saturated rings. The second-order valence-electron chi connectivity index (χ2n) is 9.74. The van der Waals surface area contributed by atoms with Crippen molar-refractivity contribution in [1.29, 1.82) is 5.26 Å². The van der Waals surface area contributed by atoms with Crippen LogP contribution in [0.5, 0.6) is 5.75 Å². The van der Waals surface area contributed by atoms with Crippen LogP contribution in [0.4, 0.5) is 16.4 Å². The lowest BCUT2D eigenvalue weighted by Crippen LogP contribution is -2.40. The number of hydrogen-bond donors (Lipinski definition) is 1. The summed E-state index contributed by atoms with van der Waals surface area (Å²) in [6.07, 6.45) is 2.75. The summed E-state index contributed by atoms with van der Waals surface area (Å²) in [4.78, 5) is 49.7. The quantitative estimate of drug-likeness (QED) is 0.480. The van der Waals surface area contributed by atoms with E-state index in [1.165, 1.54) is 24.3 Å². The summed E-state index contributed by atoms with van der Waals surface area (Å²) in [5.41, 5.74) is 1.81. The van der Waals surface area contributed by atoms with Gasteiger partial charge in [0.15, 0.2) is 12.4 Å². The van der Waals surface area contributed by atoms with E-state index in [2.05, 4.69) is 15.3 Å². The number of carbonyl (C=O) groups excluding carboxylic acids is 3. The number of amides is 3. The molecule has 3 atom stereocenters. The van der Waals surface area contributed by atoms with Crippen molar-refractivity contribution in [3.63, 3.8) is 0 Å². The van der Waals surface area contributed by atoms with Crippen LogP contribution in [0.1, 0.15) is 40.0 Å². The summed E-state index contributed by atoms with van der Waals surface area (Å²) in [5, 5.41) is 12.3. The largest absolute Gasteiger partial charge is 0.484 e. The highest BCUT2D eigenvalue weighted by Crippen LogP contribution is 2.30. The number of aldehydes is 1. The number of pyridine rings is 2. The van der Waals surface area contributed by atoms with Gasteiger partial charge in [-0.3, -0.25) is 19.8 Å². The van der Waals surface area contributed by atoms with E-state index in [0.717, 1.165) is 5.56 Å². The van der Waals surface area contributed by atoms with Gasteiger partial charge < -0.3 is 23.8 Å². The molecule has 13 nitrogen and oxygen atoms in total. The van der Waals surface area contributed by atoms with Gasteiger partial charge in [-0.15, -0.1) is 0 Å². The van der Waals surface area contributed by atoms with Crippen molar-refractivity contribution in [3.8, 4) is 11.8 Å². The molecule has 0 aromatic carbocycles. The minimum atomic E-state index is -0.488. The van der Waals surface area contributed by atoms with Crippen LogP contribution in [0.3, 0.4) is 0 Å². The number of aryl methyl sites for hydroxylation is 1. The van der Waals surface area contributed by atoms with Crippen LogP contribution in [-0.4, -0.2) is 91.9 Å². The monoisotopic (exact) mass is 550 g/mol. The molecule has 2 saturated heterocycles. The fraction of sp³-hybridized carbons (Fsp3) is 0.481. The van der Waals surface area contributed by atoms with Crippen molar-refractivity contribution in [3.05, 3.63) is 40.7 Å². The molecule has 5 rings (SSSR count). The van der Waals surface area contributed by atoms with Crippen LogP contribution >= 0.6 is 0 Å². The molecule has 2 aromatic rings. The van der Waals surface area contributed by atoms with Crippen molar-refractivity contribution in [1.82, 2.24) is 14.9 Å². The molecule has 2 aromatic heterocycles. The Hall–Kier alpha value is -4.12. The number of aromatic nitrogens is 2. The Morgan fingerprint density at radius 1 is 1.25 bits per heavy atom. The second kappa shape index (κ2) is 12.0. The van der Waals surface area contributed by atoms with Gasteiger partial charge in [0.2, 0.25) is 0 Å². The molecule has 0 spiro atoms. The summed E-state index contributed by atoms with van der Waals surface area (Å²) in [7, 11) is 3.07. The molecule has 5 heterocycles. The van der Waals surface area contributed by atoms with E-state index in [0.29, 0.717) is 63.2 Å². The number of likely N-dealkylation sites (tertiary alicyclic amines) is 1. The lowest BCUT2D eigenvalue weighted by Gasteiger charge is -2.29. The third-order valence-electron chi connectivity index (χ3n) is 7.31. The predicted octanol–water partition coefficient (Wildman–Crippen LogP) is 1.69. The van der Waals surface area contributed by atoms with E-state index in [4.69, 9.17) is 18.9 Å². The maximum Gasteiger partial charge on any atom is 0.328 e. The standard InChI is InChI=1S/C27H30N6O7/c1-37-20-5-7-32(26(20)35)12-17-8-16-4-3-6-33(25(16)30-19(17)13-34)27(36)31-24-9-21(18(10-28)11-29-24)40-23-15-39-14-22(23)38-2/h8-9,11,13,20,22-23H,3-7,12,14-15H2,1-2H3,(H,29,31,36)/t20-,22-,23-/m0/s1. The van der Waals surface area contributed by atoms with Crippen LogP contribution in [0.15, 0.2) is 18.3 Å². The molecule has 0 bridgehead atoms. The SMILES string of the molecule is CO[C@H]1CCN(Cc2cc3c(nc2C=O)N(C(=O)Nc2cc(O[C@H]4COC[C@@H]4OC)c(C#N)cn2)CCC3)C1=O. The van der Waals surface area contributed by atoms with Gasteiger partial charge in [-0.05, 0) is 24.5 Å². The van der Waals surface area contributed by atoms with Crippen LogP contribution in [0, 0.1) is 11.3 Å². The molecule has 1 N–H and O–H groups in total. The zero-order valence-electron chi connectivity index (χ0n) is 22.3. The normalized spacial score (nSPS) is 22.1. The smallest absolute Gasteiger partial charge is 0.328 e. The number of nitrogens with one attached hydrogen (secondary N) is 1. The topological polar surface area (TPSA) is 156 Å². The summed E-state index contributed by atoms with van der Waals surface area (Å²) < 4.78 is 22.0. The average molecular weight is 551 g/mol. The van der Waals surface area contributed by atoms with Crippen LogP contribution in [-0.2, 0) is 32.0 Å². The van der Waals surface area contributed by atoms with Crippen molar-refractivity contribution in [2.24, 2.45) is 0 Å². The van der Waals surface area contributed by atoms with Gasteiger partial charge in [0.05, 0.1) is 19.4 Å². The van der Waals surface area contributed by atoms with Gasteiger partial charge in [0.25, 0.3) is 5.91 Å². The molecular weight excluding hydrogens is 520 g/mol. The third-order valence-corrected chi connectivity index (χ3v) is 7.31. The number of fused-ring (bicyclic) bond motifs is 1. The summed E-state index contributed by atoms with van der Waals surface area (Å²) >= 11 is 0. The number of methoxy groups -OCH3 is 2. The fourth-order valence-corrected chi connectivity index (χ4v) is 5.15. The average Bonchev–Trinajstić information content (AvgIpc) is 3.57. The van der Waals surface area contributed by atoms with Crippen molar-refractivity contribution in [2.75, 3.05) is 50.7 Å². The third kappa shape index (κ3) is 5.46. The van der Waals surface area contributed by atoms with Gasteiger partial charge in [-0.2, -0.15) is 5.26 Å². The Morgan fingerprint density at radius 3 is 2.80 bits per heavy atom. The summed E-state index contributed by atoms with van der Waals surface area (Å²) in [6.45, 7) is 1.85. The summed E-state index contributed by atoms with van der Waals surface area (Å²) in [5.74, 6) is 0.705. The first-order valence-electron chi connectivity index (χ1n) is 13.0. The molecule has 13 heteroatoms. The lowest BCUT2D eigenvalue weighted by molar-refractivity contribution is -0.136. The number of anilines is 2. The molecule has 3 amide bonds. The Bertz CT molecular complexity index is 1350. The highest BCUT2D eigenvalue weighted by atomic mass is 16.6. The number of nitriles is 1. The molecule has 0 unspecified atom stereocenters. The highest BCUT2D eigenvalue weighted by Gasteiger charge is 2.33. The van der Waals surface area contributed by atoms with E-state index in [-0.39, 0.29) is 41.4 Å². The minimum Gasteiger partial charge on any atom is -0.484 e. The molecule has 0 saturated carbocycles. The van der Waals surface area contributed by atoms with Crippen LogP contribution < -0.4 is 15.0 Å². The number of nitrogens with zero attached hydrogens (tertiary/aromatic N) is 5. The highest BCUT2D eigenvalue weighted by molar-refractivity contribution is 6.01. The second-order valence-corrected chi connectivity index (χ2v) is 9.74. The van der Waals surface area contributed by atoms with Gasteiger partial charge in [0.1, 0.15) is 46.9 Å². The van der Waals surface area contributed by atoms with Crippen molar-refractivity contribution in [2.45, 2.75) is 44.1 Å². The van der Waals surface area contributed by atoms with Crippen LogP contribution in [0.25, 0.3) is 0 Å². The van der Waals surface area contributed by atoms with E-state index in [1.54, 1.807) is 12.0 Å². The first-order valence-corrected chi connectivity index (χ1v) is 13.0. The first-order chi connectivity index (χ1) is 19.4. The van der Waals surface area contributed by atoms with E-state index < -0.39 is 18.2 Å². The van der Waals surface area contributed by atoms with E-state index in [9.17, 15) is 19.6 Å². The number of hydrogen-bond acceptors (Lipinski definition) is 10. The van der Waals surface area contributed by atoms with Gasteiger partial charge in [-0.25, -0.2) is 14.8 Å². The fourth-order valence-electron chi connectivity index (χ4n) is 5.15. The molecule has 3 aliphatic rings. The molecule has 210 valence electrons. The Morgan fingerprint density at radius 2 is 2.08 bits per heavy atom. The maximum absolute atomic E-state index is 13.3. The molecule has 0 aliphatic carbocycles. The van der Waals surface area contributed by atoms with Crippen molar-refractivity contribution < 1.29 is 33.3 Å². The van der Waals surface area contributed by atoms with Gasteiger partial charge in [-0.1, -0.05) is 0 Å². The predicted molar refractivity (Wildman–Crippen MR) is 140 cm³/mol. The zero-order chi connectivity index (χ0) is 28.2. The van der Waals surface area contributed by atoms with Gasteiger partial charge in [0, 0.05) is 51.9 Å². The Balaban J connectivity index is 1.34. The number of urea groups is 1. The molecule has 3 aliphatic heterocycles. The van der Waals surface area contributed by atoms with Crippen molar-refractivity contribution >= 4 is 29.9 Å². The van der Waals surface area contributed by atoms with Gasteiger partial charge >= 0.3 is 6.03 Å². The van der Waals surface area contributed by atoms with E-state index in [1.807, 2.05) is 12.1 Å².